The highest BCUT2D eigenvalue weighted by Crippen LogP contribution is 2.34. The molecule has 1 aromatic heterocycles. The monoisotopic (exact) mass is 526 g/mol. The van der Waals surface area contributed by atoms with Crippen molar-refractivity contribution < 1.29 is 23.2 Å². The molecule has 1 amide bonds. The molecular formula is C24H38N4O5S2. The zero-order chi connectivity index (χ0) is 25.8. The smallest absolute Gasteiger partial charge is 0.244 e. The Hall–Kier alpha value is -2.21. The third kappa shape index (κ3) is 9.40. The summed E-state index contributed by atoms with van der Waals surface area (Å²) in [5.74, 6) is 0.495. The molecule has 1 heterocycles. The van der Waals surface area contributed by atoms with E-state index in [0.29, 0.717) is 24.8 Å². The van der Waals surface area contributed by atoms with Crippen LogP contribution in [0, 0.1) is 5.92 Å². The van der Waals surface area contributed by atoms with E-state index < -0.39 is 15.9 Å². The molecule has 0 aliphatic carbocycles. The number of rotatable bonds is 16. The van der Waals surface area contributed by atoms with E-state index in [1.807, 2.05) is 6.07 Å². The number of carbonyl (C=O) groups excluding carboxylic acids is 1. The van der Waals surface area contributed by atoms with Gasteiger partial charge in [-0.3, -0.25) is 10.0 Å². The van der Waals surface area contributed by atoms with Crippen LogP contribution in [0.3, 0.4) is 0 Å². The van der Waals surface area contributed by atoms with Crippen LogP contribution in [0.2, 0.25) is 0 Å². The quantitative estimate of drug-likeness (QED) is 0.141. The number of methoxy groups -OCH3 is 1. The Morgan fingerprint density at radius 2 is 1.94 bits per heavy atom. The molecule has 2 aromatic rings. The Balaban J connectivity index is 2.01. The summed E-state index contributed by atoms with van der Waals surface area (Å²) in [6, 6.07) is 5.41. The first-order chi connectivity index (χ1) is 16.7. The number of unbranched alkanes of at least 4 members (excludes halogenated alkanes) is 3. The van der Waals surface area contributed by atoms with Gasteiger partial charge in [-0.1, -0.05) is 44.4 Å². The van der Waals surface area contributed by atoms with E-state index in [1.54, 1.807) is 23.8 Å². The first-order valence-corrected chi connectivity index (χ1v) is 14.3. The van der Waals surface area contributed by atoms with Gasteiger partial charge in [-0.15, -0.1) is 0 Å². The molecule has 0 saturated heterocycles. The van der Waals surface area contributed by atoms with Crippen molar-refractivity contribution >= 4 is 32.4 Å². The molecular weight excluding hydrogens is 488 g/mol. The van der Waals surface area contributed by atoms with Gasteiger partial charge in [-0.05, 0) is 55.9 Å². The number of sulfonamides is 1. The highest BCUT2D eigenvalue weighted by molar-refractivity contribution is 7.89. The summed E-state index contributed by atoms with van der Waals surface area (Å²) in [6.45, 7) is 6.84. The highest BCUT2D eigenvalue weighted by atomic mass is 32.2. The van der Waals surface area contributed by atoms with Crippen LogP contribution in [0.4, 0.5) is 5.13 Å². The lowest BCUT2D eigenvalue weighted by Gasteiger charge is -2.16. The normalized spacial score (nSPS) is 13.3. The Labute approximate surface area is 212 Å². The van der Waals surface area contributed by atoms with Crippen LogP contribution in [0.15, 0.2) is 29.3 Å². The van der Waals surface area contributed by atoms with Gasteiger partial charge in [-0.2, -0.15) is 0 Å². The second-order valence-electron chi connectivity index (χ2n) is 8.79. The van der Waals surface area contributed by atoms with E-state index in [9.17, 15) is 13.2 Å². The van der Waals surface area contributed by atoms with Gasteiger partial charge in [-0.25, -0.2) is 23.6 Å². The van der Waals surface area contributed by atoms with E-state index in [2.05, 4.69) is 35.8 Å². The third-order valence-electron chi connectivity index (χ3n) is 5.81. The van der Waals surface area contributed by atoms with Gasteiger partial charge >= 0.3 is 0 Å². The summed E-state index contributed by atoms with van der Waals surface area (Å²) in [5.41, 5.74) is 2.36. The largest absolute Gasteiger partial charge is 0.495 e. The van der Waals surface area contributed by atoms with Crippen molar-refractivity contribution in [2.24, 2.45) is 5.92 Å². The molecule has 196 valence electrons. The van der Waals surface area contributed by atoms with E-state index in [1.165, 1.54) is 18.4 Å². The zero-order valence-corrected chi connectivity index (χ0v) is 22.6. The standard InChI is InChI=1S/C24H38N4O5S2/c1-5-17(2)14-18(3)27-24-25-16-21(34-24)19-11-12-20(33-4)22(15-19)35(31,32)26-13-9-7-6-8-10-23(29)28-30/h11-12,15-18,26,30H,5-10,13-14H2,1-4H3,(H,25,27)(H,28,29). The second-order valence-corrected chi connectivity index (χ2v) is 11.6. The minimum Gasteiger partial charge on any atom is -0.495 e. The Morgan fingerprint density at radius 3 is 2.63 bits per heavy atom. The number of benzene rings is 1. The molecule has 4 N–H and O–H groups in total. The molecule has 0 bridgehead atoms. The fourth-order valence-corrected chi connectivity index (χ4v) is 5.85. The molecule has 0 radical (unpaired) electrons. The SMILES string of the molecule is CCC(C)CC(C)Nc1ncc(-c2ccc(OC)c(S(=O)(=O)NCCCCCCC(=O)NO)c2)s1. The van der Waals surface area contributed by atoms with Crippen molar-refractivity contribution in [3.8, 4) is 16.2 Å². The molecule has 0 aliphatic heterocycles. The van der Waals surface area contributed by atoms with Crippen LogP contribution in [0.25, 0.3) is 10.4 Å². The minimum absolute atomic E-state index is 0.0881. The van der Waals surface area contributed by atoms with Crippen molar-refractivity contribution in [3.63, 3.8) is 0 Å². The molecule has 9 nitrogen and oxygen atoms in total. The van der Waals surface area contributed by atoms with Crippen LogP contribution >= 0.6 is 11.3 Å². The lowest BCUT2D eigenvalue weighted by Crippen LogP contribution is -2.25. The summed E-state index contributed by atoms with van der Waals surface area (Å²) >= 11 is 1.49. The topological polar surface area (TPSA) is 130 Å². The number of aromatic nitrogens is 1. The molecule has 35 heavy (non-hydrogen) atoms. The molecule has 0 saturated carbocycles. The number of anilines is 1. The number of hydroxylamine groups is 1. The number of hydrogen-bond donors (Lipinski definition) is 4. The van der Waals surface area contributed by atoms with Crippen LogP contribution in [0.5, 0.6) is 5.75 Å². The van der Waals surface area contributed by atoms with E-state index in [0.717, 1.165) is 41.3 Å². The van der Waals surface area contributed by atoms with Crippen molar-refractivity contribution in [1.82, 2.24) is 15.2 Å². The Morgan fingerprint density at radius 1 is 1.20 bits per heavy atom. The maximum absolute atomic E-state index is 13.0. The number of nitrogens with zero attached hydrogens (tertiary/aromatic N) is 1. The van der Waals surface area contributed by atoms with Crippen molar-refractivity contribution in [1.29, 1.82) is 0 Å². The number of carbonyl (C=O) groups is 1. The number of ether oxygens (including phenoxy) is 1. The lowest BCUT2D eigenvalue weighted by atomic mass is 10.0. The van der Waals surface area contributed by atoms with Gasteiger partial charge in [0.25, 0.3) is 0 Å². The maximum atomic E-state index is 13.0. The first-order valence-electron chi connectivity index (χ1n) is 12.0. The number of nitrogens with one attached hydrogen (secondary N) is 3. The summed E-state index contributed by atoms with van der Waals surface area (Å²) < 4.78 is 34.0. The van der Waals surface area contributed by atoms with Gasteiger partial charge < -0.3 is 10.1 Å². The maximum Gasteiger partial charge on any atom is 0.244 e. The van der Waals surface area contributed by atoms with E-state index in [4.69, 9.17) is 9.94 Å². The Bertz CT molecular complexity index is 1040. The number of thiazole rings is 1. The van der Waals surface area contributed by atoms with Gasteiger partial charge in [0.05, 0.1) is 12.0 Å². The summed E-state index contributed by atoms with van der Waals surface area (Å²) in [5, 5.41) is 12.7. The minimum atomic E-state index is -3.78. The van der Waals surface area contributed by atoms with E-state index >= 15 is 0 Å². The van der Waals surface area contributed by atoms with Gasteiger partial charge in [0, 0.05) is 25.2 Å². The fraction of sp³-hybridized carbons (Fsp3) is 0.583. The fourth-order valence-electron chi connectivity index (χ4n) is 3.66. The molecule has 1 aromatic carbocycles. The van der Waals surface area contributed by atoms with Crippen LogP contribution in [0.1, 0.15) is 65.7 Å². The van der Waals surface area contributed by atoms with Crippen molar-refractivity contribution in [2.75, 3.05) is 19.0 Å². The number of hydrogen-bond acceptors (Lipinski definition) is 8. The number of amides is 1. The molecule has 11 heteroatoms. The Kier molecular flexibility index (Phi) is 11.9. The molecule has 2 rings (SSSR count). The molecule has 0 aliphatic rings. The molecule has 0 fully saturated rings. The molecule has 2 unspecified atom stereocenters. The highest BCUT2D eigenvalue weighted by Gasteiger charge is 2.21. The van der Waals surface area contributed by atoms with Crippen molar-refractivity contribution in [2.45, 2.75) is 76.7 Å². The average Bonchev–Trinajstić information content (AvgIpc) is 3.30. The molecule has 0 spiro atoms. The van der Waals surface area contributed by atoms with Gasteiger partial charge in [0.2, 0.25) is 15.9 Å². The predicted molar refractivity (Wildman–Crippen MR) is 139 cm³/mol. The van der Waals surface area contributed by atoms with Gasteiger partial charge in [0.15, 0.2) is 5.13 Å². The van der Waals surface area contributed by atoms with Crippen LogP contribution in [-0.2, 0) is 14.8 Å². The van der Waals surface area contributed by atoms with Crippen molar-refractivity contribution in [3.05, 3.63) is 24.4 Å². The van der Waals surface area contributed by atoms with Gasteiger partial charge in [0.1, 0.15) is 10.6 Å². The summed E-state index contributed by atoms with van der Waals surface area (Å²) in [7, 11) is -2.33. The summed E-state index contributed by atoms with van der Waals surface area (Å²) in [4.78, 5) is 16.4. The summed E-state index contributed by atoms with van der Waals surface area (Å²) in [6.07, 6.45) is 7.01. The van der Waals surface area contributed by atoms with E-state index in [-0.39, 0.29) is 23.6 Å². The van der Waals surface area contributed by atoms with Crippen LogP contribution < -0.4 is 20.3 Å². The first kappa shape index (κ1) is 29.0. The lowest BCUT2D eigenvalue weighted by molar-refractivity contribution is -0.129. The zero-order valence-electron chi connectivity index (χ0n) is 21.0. The molecule has 2 atom stereocenters. The van der Waals surface area contributed by atoms with Crippen LogP contribution in [-0.4, -0.2) is 44.2 Å². The average molecular weight is 527 g/mol. The second kappa shape index (κ2) is 14.4. The predicted octanol–water partition coefficient (Wildman–Crippen LogP) is 4.79. The third-order valence-corrected chi connectivity index (χ3v) is 8.27.